The summed E-state index contributed by atoms with van der Waals surface area (Å²) >= 11 is 3.26. The highest BCUT2D eigenvalue weighted by Gasteiger charge is 2.27. The fourth-order valence-corrected chi connectivity index (χ4v) is 3.87. The van der Waals surface area contributed by atoms with Gasteiger partial charge in [0.25, 0.3) is 5.91 Å². The zero-order chi connectivity index (χ0) is 21.7. The third-order valence-electron chi connectivity index (χ3n) is 3.18. The van der Waals surface area contributed by atoms with Crippen LogP contribution in [-0.2, 0) is 14.4 Å². The van der Waals surface area contributed by atoms with Crippen molar-refractivity contribution in [1.82, 2.24) is 15.5 Å². The largest absolute Gasteiger partial charge is 0.309 e. The molecular weight excluding hydrogens is 450 g/mol. The minimum atomic E-state index is -0.846. The van der Waals surface area contributed by atoms with E-state index in [-0.39, 0.29) is 22.5 Å². The number of hydrogen-bond acceptors (Lipinski definition) is 10. The maximum absolute atomic E-state index is 12.4. The van der Waals surface area contributed by atoms with Crippen LogP contribution >= 0.6 is 34.4 Å². The first-order chi connectivity index (χ1) is 14.3. The molecule has 2 N–H and O–H groups in total. The number of aliphatic imine (C=N–C) groups is 3. The number of aryl methyl sites for hydroxylation is 1. The second kappa shape index (κ2) is 9.60. The molecule has 11 nitrogen and oxygen atoms in total. The highest BCUT2D eigenvalue weighted by Crippen LogP contribution is 2.16. The first-order valence-corrected chi connectivity index (χ1v) is 10.9. The molecule has 0 radical (unpaired) electrons. The molecule has 2 aromatic heterocycles. The Morgan fingerprint density at radius 2 is 2.00 bits per heavy atom. The van der Waals surface area contributed by atoms with Gasteiger partial charge in [-0.05, 0) is 18.4 Å². The lowest BCUT2D eigenvalue weighted by Crippen LogP contribution is -2.41. The Balaban J connectivity index is 1.72. The molecule has 3 heterocycles. The van der Waals surface area contributed by atoms with Crippen LogP contribution in [0.2, 0.25) is 0 Å². The van der Waals surface area contributed by atoms with Crippen molar-refractivity contribution in [3.05, 3.63) is 27.4 Å². The van der Waals surface area contributed by atoms with Crippen molar-refractivity contribution < 1.29 is 19.2 Å². The van der Waals surface area contributed by atoms with Crippen LogP contribution in [0.3, 0.4) is 0 Å². The van der Waals surface area contributed by atoms with Gasteiger partial charge in [0, 0.05) is 6.92 Å². The summed E-state index contributed by atoms with van der Waals surface area (Å²) < 4.78 is 0. The van der Waals surface area contributed by atoms with Crippen LogP contribution in [0.4, 0.5) is 5.13 Å². The number of anilines is 1. The number of thioether (sulfide) groups is 1. The Labute approximate surface area is 181 Å². The Morgan fingerprint density at radius 3 is 2.63 bits per heavy atom. The second-order valence-corrected chi connectivity index (χ2v) is 8.62. The van der Waals surface area contributed by atoms with E-state index in [9.17, 15) is 19.2 Å². The van der Waals surface area contributed by atoms with Crippen LogP contribution in [0.1, 0.15) is 21.6 Å². The maximum Gasteiger partial charge on any atom is 0.302 e. The van der Waals surface area contributed by atoms with Crippen molar-refractivity contribution in [3.63, 3.8) is 0 Å². The third-order valence-corrected chi connectivity index (χ3v) is 5.64. The van der Waals surface area contributed by atoms with Gasteiger partial charge in [-0.1, -0.05) is 29.2 Å². The minimum absolute atomic E-state index is 0.0464. The van der Waals surface area contributed by atoms with Crippen LogP contribution in [0.25, 0.3) is 0 Å². The van der Waals surface area contributed by atoms with E-state index in [4.69, 9.17) is 0 Å². The highest BCUT2D eigenvalue weighted by molar-refractivity contribution is 8.14. The summed E-state index contributed by atoms with van der Waals surface area (Å²) in [7, 11) is 0. The van der Waals surface area contributed by atoms with Gasteiger partial charge in [-0.3, -0.25) is 24.5 Å². The maximum atomic E-state index is 12.4. The van der Waals surface area contributed by atoms with E-state index in [1.165, 1.54) is 18.3 Å². The van der Waals surface area contributed by atoms with Crippen LogP contribution in [-0.4, -0.2) is 56.3 Å². The van der Waals surface area contributed by atoms with Crippen molar-refractivity contribution in [2.75, 3.05) is 11.1 Å². The van der Waals surface area contributed by atoms with E-state index in [2.05, 4.69) is 35.8 Å². The van der Waals surface area contributed by atoms with Gasteiger partial charge in [0.05, 0.1) is 10.6 Å². The topological polar surface area (TPSA) is 155 Å². The molecule has 2 aromatic rings. The Hall–Kier alpha value is -3.10. The van der Waals surface area contributed by atoms with E-state index in [1.54, 1.807) is 24.4 Å². The van der Waals surface area contributed by atoms with E-state index < -0.39 is 23.6 Å². The van der Waals surface area contributed by atoms with Crippen molar-refractivity contribution in [2.45, 2.75) is 13.8 Å². The average molecular weight is 464 g/mol. The molecular formula is C16H13N7O4S3. The predicted octanol–water partition coefficient (Wildman–Crippen LogP) is 1.29. The molecule has 0 bridgehead atoms. The number of carbonyl (C=O) groups is 4. The third kappa shape index (κ3) is 5.71. The summed E-state index contributed by atoms with van der Waals surface area (Å²) in [5, 5.41) is 15.2. The molecule has 14 heteroatoms. The predicted molar refractivity (Wildman–Crippen MR) is 116 cm³/mol. The standard InChI is InChI=1S/C16H13N7O4S3/c1-7(24)17-12-11(19-13(26)9-4-3-5-28-9)14(27)21-15(20-12)29-6-10(25)18-16-23-22-8(2)30-16/h3-5H,6H2,1-2H3,(H,18,23,25)(H,17,20,21,24,27). The zero-order valence-electron chi connectivity index (χ0n) is 15.5. The second-order valence-electron chi connectivity index (χ2n) is 5.55. The monoisotopic (exact) mass is 463 g/mol. The van der Waals surface area contributed by atoms with Crippen LogP contribution in [0.15, 0.2) is 32.5 Å². The number of thiophene rings is 1. The smallest absolute Gasteiger partial charge is 0.302 e. The number of hydrogen-bond donors (Lipinski definition) is 2. The molecule has 0 saturated carbocycles. The molecule has 4 amide bonds. The number of nitrogens with zero attached hydrogens (tertiary/aromatic N) is 5. The quantitative estimate of drug-likeness (QED) is 0.692. The molecule has 0 spiro atoms. The summed E-state index contributed by atoms with van der Waals surface area (Å²) in [6, 6.07) is 3.23. The summed E-state index contributed by atoms with van der Waals surface area (Å²) in [5.74, 6) is -2.70. The lowest BCUT2D eigenvalue weighted by molar-refractivity contribution is -0.117. The lowest BCUT2D eigenvalue weighted by Gasteiger charge is -2.12. The Kier molecular flexibility index (Phi) is 6.91. The van der Waals surface area contributed by atoms with Crippen molar-refractivity contribution >= 4 is 79.9 Å². The van der Waals surface area contributed by atoms with E-state index in [0.717, 1.165) is 23.1 Å². The molecule has 0 aromatic carbocycles. The summed E-state index contributed by atoms with van der Waals surface area (Å²) in [6.07, 6.45) is 0. The number of aromatic nitrogens is 2. The number of nitrogens with one attached hydrogen (secondary N) is 2. The number of carbonyl (C=O) groups excluding carboxylic acids is 4. The van der Waals surface area contributed by atoms with Crippen LogP contribution in [0, 0.1) is 6.92 Å². The van der Waals surface area contributed by atoms with Crippen molar-refractivity contribution in [1.29, 1.82) is 0 Å². The minimum Gasteiger partial charge on any atom is -0.309 e. The van der Waals surface area contributed by atoms with Gasteiger partial charge in [-0.2, -0.15) is 9.98 Å². The van der Waals surface area contributed by atoms with Gasteiger partial charge in [0.2, 0.25) is 16.9 Å². The molecule has 30 heavy (non-hydrogen) atoms. The van der Waals surface area contributed by atoms with Gasteiger partial charge in [-0.15, -0.1) is 21.5 Å². The summed E-state index contributed by atoms with van der Waals surface area (Å²) in [4.78, 5) is 60.0. The number of amides is 4. The Bertz CT molecular complexity index is 1100. The summed E-state index contributed by atoms with van der Waals surface area (Å²) in [6.45, 7) is 2.98. The molecule has 0 fully saturated rings. The first-order valence-electron chi connectivity index (χ1n) is 8.21. The Morgan fingerprint density at radius 1 is 1.20 bits per heavy atom. The van der Waals surface area contributed by atoms with Crippen LogP contribution in [0.5, 0.6) is 0 Å². The van der Waals surface area contributed by atoms with Gasteiger partial charge in [0.1, 0.15) is 5.01 Å². The number of amidine groups is 2. The van der Waals surface area contributed by atoms with E-state index >= 15 is 0 Å². The molecule has 0 unspecified atom stereocenters. The van der Waals surface area contributed by atoms with E-state index in [1.807, 2.05) is 0 Å². The number of rotatable bonds is 4. The van der Waals surface area contributed by atoms with E-state index in [0.29, 0.717) is 15.0 Å². The molecule has 154 valence electrons. The molecule has 1 aliphatic rings. The van der Waals surface area contributed by atoms with Gasteiger partial charge in [-0.25, -0.2) is 4.99 Å². The highest BCUT2D eigenvalue weighted by atomic mass is 32.2. The molecule has 0 saturated heterocycles. The molecule has 0 atom stereocenters. The van der Waals surface area contributed by atoms with Crippen molar-refractivity contribution in [3.8, 4) is 0 Å². The average Bonchev–Trinajstić information content (AvgIpc) is 3.34. The fourth-order valence-electron chi connectivity index (χ4n) is 2.02. The molecule has 1 aliphatic heterocycles. The zero-order valence-corrected chi connectivity index (χ0v) is 18.0. The molecule has 3 rings (SSSR count). The lowest BCUT2D eigenvalue weighted by atomic mass is 10.3. The van der Waals surface area contributed by atoms with Gasteiger partial charge in [0.15, 0.2) is 16.7 Å². The SMILES string of the molecule is CC(=O)NC1=NC(SCC(=O)Nc2nnc(C)s2)=NC(=O)C1=NC(=O)c1cccs1. The fraction of sp³-hybridized carbons (Fsp3) is 0.188. The summed E-state index contributed by atoms with van der Waals surface area (Å²) in [5.41, 5.74) is -0.373. The van der Waals surface area contributed by atoms with Crippen LogP contribution < -0.4 is 10.6 Å². The van der Waals surface area contributed by atoms with Gasteiger partial charge >= 0.3 is 5.91 Å². The first kappa shape index (κ1) is 21.6. The normalized spacial score (nSPS) is 14.9. The molecule has 0 aliphatic carbocycles. The van der Waals surface area contributed by atoms with Gasteiger partial charge < -0.3 is 5.32 Å². The van der Waals surface area contributed by atoms with Crippen molar-refractivity contribution in [2.24, 2.45) is 15.0 Å².